The monoisotopic (exact) mass is 301 g/mol. The van der Waals surface area contributed by atoms with E-state index in [0.717, 1.165) is 6.54 Å². The number of fused-ring (bicyclic) bond motifs is 4. The first-order chi connectivity index (χ1) is 11.4. The molecule has 0 fully saturated rings. The molecule has 23 heavy (non-hydrogen) atoms. The van der Waals surface area contributed by atoms with E-state index in [0.29, 0.717) is 5.92 Å². The van der Waals surface area contributed by atoms with Crippen LogP contribution in [0.1, 0.15) is 36.4 Å². The van der Waals surface area contributed by atoms with Gasteiger partial charge in [0.25, 0.3) is 0 Å². The Labute approximate surface area is 135 Å². The largest absolute Gasteiger partial charge is 0.355 e. The SMILES string of the molecule is c1ccc2c(c1)[nH]c1cc(C3CCCCn4cncc43)ccc12. The first-order valence-electron chi connectivity index (χ1n) is 8.40. The van der Waals surface area contributed by atoms with Crippen molar-refractivity contribution in [2.24, 2.45) is 0 Å². The molecule has 0 amide bonds. The number of hydrogen-bond acceptors (Lipinski definition) is 1. The van der Waals surface area contributed by atoms with E-state index in [1.807, 2.05) is 12.5 Å². The Bertz CT molecular complexity index is 992. The Hall–Kier alpha value is -2.55. The third-order valence-electron chi connectivity index (χ3n) is 5.18. The standard InChI is InChI=1S/C20H19N3/c1-2-7-18-16(6-1)17-9-8-14(11-19(17)22-18)15-5-3-4-10-23-13-21-12-20(15)23/h1-2,6-9,11-13,15,22H,3-5,10H2. The summed E-state index contributed by atoms with van der Waals surface area (Å²) in [5.41, 5.74) is 5.20. The van der Waals surface area contributed by atoms with Gasteiger partial charge in [-0.05, 0) is 30.5 Å². The molecular weight excluding hydrogens is 282 g/mol. The number of nitrogens with zero attached hydrogens (tertiary/aromatic N) is 2. The molecule has 2 aromatic carbocycles. The van der Waals surface area contributed by atoms with Crippen molar-refractivity contribution in [1.29, 1.82) is 0 Å². The van der Waals surface area contributed by atoms with Crippen molar-refractivity contribution < 1.29 is 0 Å². The van der Waals surface area contributed by atoms with Crippen LogP contribution in [0.3, 0.4) is 0 Å². The van der Waals surface area contributed by atoms with Crippen molar-refractivity contribution >= 4 is 21.8 Å². The van der Waals surface area contributed by atoms with Gasteiger partial charge in [0, 0.05) is 46.2 Å². The molecule has 0 saturated carbocycles. The van der Waals surface area contributed by atoms with Gasteiger partial charge in [-0.15, -0.1) is 0 Å². The van der Waals surface area contributed by atoms with E-state index < -0.39 is 0 Å². The van der Waals surface area contributed by atoms with Crippen LogP contribution in [0.15, 0.2) is 55.0 Å². The average molecular weight is 301 g/mol. The van der Waals surface area contributed by atoms with Gasteiger partial charge in [0.1, 0.15) is 0 Å². The molecule has 114 valence electrons. The van der Waals surface area contributed by atoms with Gasteiger partial charge in [0.2, 0.25) is 0 Å². The molecule has 1 atom stereocenters. The maximum absolute atomic E-state index is 4.37. The summed E-state index contributed by atoms with van der Waals surface area (Å²) in [6.07, 6.45) is 7.75. The van der Waals surface area contributed by atoms with Crippen LogP contribution in [-0.2, 0) is 6.54 Å². The molecule has 5 rings (SSSR count). The number of nitrogens with one attached hydrogen (secondary N) is 1. The number of imidazole rings is 1. The van der Waals surface area contributed by atoms with Crippen molar-refractivity contribution in [1.82, 2.24) is 14.5 Å². The molecule has 4 aromatic rings. The molecule has 3 heterocycles. The van der Waals surface area contributed by atoms with Crippen LogP contribution in [0.25, 0.3) is 21.8 Å². The van der Waals surface area contributed by atoms with Crippen molar-refractivity contribution in [3.8, 4) is 0 Å². The topological polar surface area (TPSA) is 33.6 Å². The fourth-order valence-corrected chi connectivity index (χ4v) is 4.01. The van der Waals surface area contributed by atoms with Crippen molar-refractivity contribution in [2.75, 3.05) is 0 Å². The molecule has 0 aliphatic carbocycles. The molecule has 1 aliphatic rings. The molecule has 1 unspecified atom stereocenters. The molecule has 3 heteroatoms. The minimum absolute atomic E-state index is 0.454. The van der Waals surface area contributed by atoms with Crippen LogP contribution >= 0.6 is 0 Å². The van der Waals surface area contributed by atoms with E-state index >= 15 is 0 Å². The highest BCUT2D eigenvalue weighted by Crippen LogP contribution is 2.35. The summed E-state index contributed by atoms with van der Waals surface area (Å²) in [5.74, 6) is 0.454. The fourth-order valence-electron chi connectivity index (χ4n) is 4.01. The van der Waals surface area contributed by atoms with Crippen LogP contribution < -0.4 is 0 Å². The number of aryl methyl sites for hydroxylation is 1. The number of aromatic amines is 1. The van der Waals surface area contributed by atoms with E-state index in [4.69, 9.17) is 0 Å². The highest BCUT2D eigenvalue weighted by molar-refractivity contribution is 6.07. The third kappa shape index (κ3) is 2.00. The zero-order valence-corrected chi connectivity index (χ0v) is 13.0. The first-order valence-corrected chi connectivity index (χ1v) is 8.40. The zero-order chi connectivity index (χ0) is 15.2. The lowest BCUT2D eigenvalue weighted by molar-refractivity contribution is 0.627. The molecule has 0 saturated heterocycles. The number of benzene rings is 2. The van der Waals surface area contributed by atoms with Crippen LogP contribution in [0.2, 0.25) is 0 Å². The Morgan fingerprint density at radius 1 is 1.00 bits per heavy atom. The number of aromatic nitrogens is 3. The maximum atomic E-state index is 4.37. The summed E-state index contributed by atoms with van der Waals surface area (Å²) in [7, 11) is 0. The third-order valence-corrected chi connectivity index (χ3v) is 5.18. The van der Waals surface area contributed by atoms with Crippen LogP contribution in [0, 0.1) is 0 Å². The van der Waals surface area contributed by atoms with Gasteiger partial charge in [-0.1, -0.05) is 36.8 Å². The second-order valence-corrected chi connectivity index (χ2v) is 6.54. The molecule has 1 aliphatic heterocycles. The molecular formula is C20H19N3. The minimum atomic E-state index is 0.454. The molecule has 0 bridgehead atoms. The Balaban J connectivity index is 1.67. The van der Waals surface area contributed by atoms with E-state index in [2.05, 4.69) is 57.0 Å². The van der Waals surface area contributed by atoms with Gasteiger partial charge in [-0.3, -0.25) is 0 Å². The van der Waals surface area contributed by atoms with Crippen molar-refractivity contribution in [3.05, 3.63) is 66.2 Å². The molecule has 0 radical (unpaired) electrons. The highest BCUT2D eigenvalue weighted by Gasteiger charge is 2.21. The van der Waals surface area contributed by atoms with Gasteiger partial charge >= 0.3 is 0 Å². The summed E-state index contributed by atoms with van der Waals surface area (Å²) in [6.45, 7) is 1.10. The number of para-hydroxylation sites is 1. The number of H-pyrrole nitrogens is 1. The minimum Gasteiger partial charge on any atom is -0.355 e. The van der Waals surface area contributed by atoms with E-state index in [9.17, 15) is 0 Å². The van der Waals surface area contributed by atoms with Crippen LogP contribution in [-0.4, -0.2) is 14.5 Å². The van der Waals surface area contributed by atoms with E-state index in [1.54, 1.807) is 0 Å². The Kier molecular flexibility index (Phi) is 2.80. The smallest absolute Gasteiger partial charge is 0.0948 e. The molecule has 0 spiro atoms. The van der Waals surface area contributed by atoms with Gasteiger partial charge in [0.15, 0.2) is 0 Å². The van der Waals surface area contributed by atoms with Gasteiger partial charge in [-0.25, -0.2) is 4.98 Å². The van der Waals surface area contributed by atoms with Gasteiger partial charge in [0.05, 0.1) is 6.33 Å². The van der Waals surface area contributed by atoms with Crippen LogP contribution in [0.5, 0.6) is 0 Å². The predicted molar refractivity (Wildman–Crippen MR) is 93.7 cm³/mol. The normalized spacial score (nSPS) is 18.2. The summed E-state index contributed by atoms with van der Waals surface area (Å²) in [5, 5.41) is 2.62. The lowest BCUT2D eigenvalue weighted by Gasteiger charge is -2.16. The van der Waals surface area contributed by atoms with Crippen molar-refractivity contribution in [2.45, 2.75) is 31.7 Å². The zero-order valence-electron chi connectivity index (χ0n) is 13.0. The van der Waals surface area contributed by atoms with Crippen LogP contribution in [0.4, 0.5) is 0 Å². The lowest BCUT2D eigenvalue weighted by Crippen LogP contribution is -2.05. The molecule has 1 N–H and O–H groups in total. The lowest BCUT2D eigenvalue weighted by atomic mass is 9.91. The van der Waals surface area contributed by atoms with E-state index in [1.165, 1.54) is 52.3 Å². The van der Waals surface area contributed by atoms with Gasteiger partial charge < -0.3 is 9.55 Å². The Morgan fingerprint density at radius 3 is 2.91 bits per heavy atom. The average Bonchev–Trinajstić information content (AvgIpc) is 3.13. The summed E-state index contributed by atoms with van der Waals surface area (Å²) >= 11 is 0. The number of rotatable bonds is 1. The summed E-state index contributed by atoms with van der Waals surface area (Å²) in [6, 6.07) is 15.4. The maximum Gasteiger partial charge on any atom is 0.0948 e. The second-order valence-electron chi connectivity index (χ2n) is 6.54. The quantitative estimate of drug-likeness (QED) is 0.536. The fraction of sp³-hybridized carbons (Fsp3) is 0.250. The summed E-state index contributed by atoms with van der Waals surface area (Å²) < 4.78 is 2.33. The predicted octanol–water partition coefficient (Wildman–Crippen LogP) is 4.83. The number of hydrogen-bond donors (Lipinski definition) is 1. The first kappa shape index (κ1) is 12.9. The highest BCUT2D eigenvalue weighted by atomic mass is 15.0. The van der Waals surface area contributed by atoms with Crippen molar-refractivity contribution in [3.63, 3.8) is 0 Å². The second kappa shape index (κ2) is 4.98. The summed E-state index contributed by atoms with van der Waals surface area (Å²) in [4.78, 5) is 7.94. The Morgan fingerprint density at radius 2 is 1.91 bits per heavy atom. The van der Waals surface area contributed by atoms with E-state index in [-0.39, 0.29) is 0 Å². The molecule has 2 aromatic heterocycles. The molecule has 3 nitrogen and oxygen atoms in total. The van der Waals surface area contributed by atoms with Gasteiger partial charge in [-0.2, -0.15) is 0 Å².